The van der Waals surface area contributed by atoms with Crippen LogP contribution in [0, 0.1) is 5.82 Å². The Bertz CT molecular complexity index is 371. The number of rotatable bonds is 3. The molecule has 0 saturated carbocycles. The molecule has 0 aromatic heterocycles. The monoisotopic (exact) mass is 401 g/mol. The number of guanidine groups is 1. The van der Waals surface area contributed by atoms with E-state index in [-0.39, 0.29) is 29.8 Å². The van der Waals surface area contributed by atoms with E-state index >= 15 is 0 Å². The van der Waals surface area contributed by atoms with Gasteiger partial charge in [0.2, 0.25) is 0 Å². The Balaban J connectivity index is 0.00000225. The first-order valence-corrected chi connectivity index (χ1v) is 5.33. The van der Waals surface area contributed by atoms with Crippen LogP contribution in [0.4, 0.5) is 4.39 Å². The molecular formula is C10H14BrFIN3. The lowest BCUT2D eigenvalue weighted by atomic mass is 10.1. The van der Waals surface area contributed by atoms with Gasteiger partial charge in [-0.15, -0.1) is 24.0 Å². The molecule has 3 nitrogen and oxygen atoms in total. The van der Waals surface area contributed by atoms with Gasteiger partial charge in [0, 0.05) is 13.6 Å². The van der Waals surface area contributed by atoms with Gasteiger partial charge in [0.15, 0.2) is 5.96 Å². The molecule has 0 bridgehead atoms. The Labute approximate surface area is 120 Å². The minimum atomic E-state index is -0.249. The number of halogens is 3. The third kappa shape index (κ3) is 5.11. The van der Waals surface area contributed by atoms with E-state index in [4.69, 9.17) is 5.73 Å². The molecule has 1 rings (SSSR count). The van der Waals surface area contributed by atoms with E-state index in [2.05, 4.69) is 26.2 Å². The first-order valence-electron chi connectivity index (χ1n) is 4.53. The highest BCUT2D eigenvalue weighted by Crippen LogP contribution is 2.16. The van der Waals surface area contributed by atoms with Crippen LogP contribution < -0.4 is 11.1 Å². The van der Waals surface area contributed by atoms with Crippen LogP contribution in [0.2, 0.25) is 0 Å². The molecule has 6 heteroatoms. The molecule has 0 amide bonds. The Hall–Kier alpha value is -0.370. The summed E-state index contributed by atoms with van der Waals surface area (Å²) in [5, 5.41) is 2.93. The second-order valence-corrected chi connectivity index (χ2v) is 3.89. The van der Waals surface area contributed by atoms with Gasteiger partial charge >= 0.3 is 0 Å². The predicted octanol–water partition coefficient (Wildman–Crippen LogP) is 2.28. The highest BCUT2D eigenvalue weighted by Gasteiger charge is 2.00. The van der Waals surface area contributed by atoms with Gasteiger partial charge in [-0.25, -0.2) is 4.39 Å². The van der Waals surface area contributed by atoms with E-state index in [1.54, 1.807) is 19.2 Å². The molecule has 16 heavy (non-hydrogen) atoms. The molecule has 0 unspecified atom stereocenters. The van der Waals surface area contributed by atoms with Gasteiger partial charge in [-0.1, -0.05) is 6.07 Å². The smallest absolute Gasteiger partial charge is 0.188 e. The molecule has 1 aromatic carbocycles. The summed E-state index contributed by atoms with van der Waals surface area (Å²) in [5.41, 5.74) is 6.50. The summed E-state index contributed by atoms with van der Waals surface area (Å²) < 4.78 is 13.4. The fraction of sp³-hybridized carbons (Fsp3) is 0.300. The Morgan fingerprint density at radius 3 is 2.81 bits per heavy atom. The van der Waals surface area contributed by atoms with E-state index < -0.39 is 0 Å². The molecule has 0 fully saturated rings. The number of nitrogens with zero attached hydrogens (tertiary/aromatic N) is 1. The van der Waals surface area contributed by atoms with Gasteiger partial charge in [-0.3, -0.25) is 4.99 Å². The van der Waals surface area contributed by atoms with E-state index in [0.29, 0.717) is 17.0 Å². The van der Waals surface area contributed by atoms with Crippen molar-refractivity contribution in [1.29, 1.82) is 0 Å². The van der Waals surface area contributed by atoms with Crippen LogP contribution in [0.3, 0.4) is 0 Å². The van der Waals surface area contributed by atoms with Crippen LogP contribution in [0.15, 0.2) is 27.7 Å². The highest BCUT2D eigenvalue weighted by molar-refractivity contribution is 14.0. The summed E-state index contributed by atoms with van der Waals surface area (Å²) in [5.74, 6) is 0.164. The summed E-state index contributed by atoms with van der Waals surface area (Å²) in [7, 11) is 1.62. The fourth-order valence-electron chi connectivity index (χ4n) is 1.11. The molecule has 0 spiro atoms. The lowest BCUT2D eigenvalue weighted by Gasteiger charge is -2.05. The van der Waals surface area contributed by atoms with Crippen molar-refractivity contribution in [3.8, 4) is 0 Å². The van der Waals surface area contributed by atoms with Crippen molar-refractivity contribution < 1.29 is 4.39 Å². The highest BCUT2D eigenvalue weighted by atomic mass is 127. The van der Waals surface area contributed by atoms with Crippen LogP contribution in [0.5, 0.6) is 0 Å². The van der Waals surface area contributed by atoms with Crippen molar-refractivity contribution >= 4 is 45.9 Å². The van der Waals surface area contributed by atoms with Crippen LogP contribution in [-0.2, 0) is 6.42 Å². The number of hydrogen-bond donors (Lipinski definition) is 2. The van der Waals surface area contributed by atoms with Crippen LogP contribution >= 0.6 is 39.9 Å². The maximum Gasteiger partial charge on any atom is 0.188 e. The molecule has 0 radical (unpaired) electrons. The Morgan fingerprint density at radius 1 is 1.56 bits per heavy atom. The van der Waals surface area contributed by atoms with Gasteiger partial charge in [0.1, 0.15) is 5.82 Å². The lowest BCUT2D eigenvalue weighted by Crippen LogP contribution is -2.32. The first-order chi connectivity index (χ1) is 7.13. The minimum Gasteiger partial charge on any atom is -0.370 e. The van der Waals surface area contributed by atoms with E-state index in [9.17, 15) is 4.39 Å². The maximum absolute atomic E-state index is 12.9. The predicted molar refractivity (Wildman–Crippen MR) is 78.8 cm³/mol. The zero-order chi connectivity index (χ0) is 11.3. The number of nitrogens with one attached hydrogen (secondary N) is 1. The number of hydrogen-bond acceptors (Lipinski definition) is 1. The van der Waals surface area contributed by atoms with Gasteiger partial charge < -0.3 is 11.1 Å². The molecule has 90 valence electrons. The van der Waals surface area contributed by atoms with Gasteiger partial charge in [-0.05, 0) is 40.0 Å². The Kier molecular flexibility index (Phi) is 7.65. The fourth-order valence-corrected chi connectivity index (χ4v) is 1.54. The zero-order valence-corrected chi connectivity index (χ0v) is 12.8. The van der Waals surface area contributed by atoms with Crippen molar-refractivity contribution in [2.45, 2.75) is 6.42 Å². The molecule has 0 aliphatic rings. The van der Waals surface area contributed by atoms with E-state index in [0.717, 1.165) is 12.0 Å². The van der Waals surface area contributed by atoms with Crippen molar-refractivity contribution in [3.63, 3.8) is 0 Å². The topological polar surface area (TPSA) is 50.4 Å². The molecule has 0 saturated heterocycles. The molecule has 0 aliphatic heterocycles. The lowest BCUT2D eigenvalue weighted by molar-refractivity contribution is 0.620. The molecule has 0 heterocycles. The second kappa shape index (κ2) is 7.83. The van der Waals surface area contributed by atoms with Gasteiger partial charge in [0.05, 0.1) is 4.47 Å². The quantitative estimate of drug-likeness (QED) is 0.463. The van der Waals surface area contributed by atoms with Crippen LogP contribution in [0.25, 0.3) is 0 Å². The molecule has 0 aliphatic carbocycles. The molecule has 0 atom stereocenters. The third-order valence-electron chi connectivity index (χ3n) is 1.94. The average Bonchev–Trinajstić information content (AvgIpc) is 2.23. The molecular weight excluding hydrogens is 388 g/mol. The van der Waals surface area contributed by atoms with Crippen molar-refractivity contribution in [1.82, 2.24) is 5.32 Å². The third-order valence-corrected chi connectivity index (χ3v) is 2.55. The van der Waals surface area contributed by atoms with E-state index in [1.165, 1.54) is 6.07 Å². The van der Waals surface area contributed by atoms with Gasteiger partial charge in [0.25, 0.3) is 0 Å². The van der Waals surface area contributed by atoms with Crippen molar-refractivity contribution in [2.75, 3.05) is 13.6 Å². The summed E-state index contributed by atoms with van der Waals surface area (Å²) in [6, 6.07) is 4.95. The maximum atomic E-state index is 12.9. The first kappa shape index (κ1) is 15.6. The van der Waals surface area contributed by atoms with Crippen molar-refractivity contribution in [3.05, 3.63) is 34.1 Å². The van der Waals surface area contributed by atoms with Crippen LogP contribution in [0.1, 0.15) is 5.56 Å². The minimum absolute atomic E-state index is 0. The zero-order valence-electron chi connectivity index (χ0n) is 8.84. The number of aliphatic imine (C=N–C) groups is 1. The second-order valence-electron chi connectivity index (χ2n) is 3.03. The normalized spacial score (nSPS) is 10.8. The van der Waals surface area contributed by atoms with Crippen molar-refractivity contribution in [2.24, 2.45) is 10.7 Å². The summed E-state index contributed by atoms with van der Waals surface area (Å²) in [4.78, 5) is 3.77. The van der Waals surface area contributed by atoms with Gasteiger partial charge in [-0.2, -0.15) is 0 Å². The average molecular weight is 402 g/mol. The summed E-state index contributed by atoms with van der Waals surface area (Å²) >= 11 is 3.14. The Morgan fingerprint density at radius 2 is 2.25 bits per heavy atom. The largest absolute Gasteiger partial charge is 0.370 e. The molecule has 1 aromatic rings. The summed E-state index contributed by atoms with van der Waals surface area (Å²) in [6.07, 6.45) is 0.773. The van der Waals surface area contributed by atoms with E-state index in [1.807, 2.05) is 0 Å². The molecule has 3 N–H and O–H groups in total. The standard InChI is InChI=1S/C10H13BrFN3.HI/c1-14-10(13)15-5-4-7-2-3-9(12)8(11)6-7;/h2-3,6H,4-5H2,1H3,(H3,13,14,15);1H. The van der Waals surface area contributed by atoms with Crippen LogP contribution in [-0.4, -0.2) is 19.6 Å². The number of nitrogens with two attached hydrogens (primary N) is 1. The number of benzene rings is 1. The SMILES string of the molecule is CN=C(N)NCCc1ccc(F)c(Br)c1.I. The summed E-state index contributed by atoms with van der Waals surface area (Å²) in [6.45, 7) is 0.682.